The summed E-state index contributed by atoms with van der Waals surface area (Å²) in [5.74, 6) is -0.225. The second-order valence-electron chi connectivity index (χ2n) is 5.83. The zero-order valence-corrected chi connectivity index (χ0v) is 13.7. The molecule has 0 spiro atoms. The quantitative estimate of drug-likeness (QED) is 0.772. The van der Waals surface area contributed by atoms with Crippen molar-refractivity contribution in [2.24, 2.45) is 0 Å². The molecule has 0 unspecified atom stereocenters. The Morgan fingerprint density at radius 1 is 1.30 bits per heavy atom. The third kappa shape index (κ3) is 3.79. The lowest BCUT2D eigenvalue weighted by molar-refractivity contribution is -0.153. The van der Waals surface area contributed by atoms with E-state index in [2.05, 4.69) is 20.9 Å². The number of carbonyl (C=O) groups is 1. The predicted octanol–water partition coefficient (Wildman–Crippen LogP) is 4.19. The van der Waals surface area contributed by atoms with Gasteiger partial charge in [-0.05, 0) is 57.5 Å². The van der Waals surface area contributed by atoms with Crippen LogP contribution in [0, 0.1) is 6.92 Å². The second-order valence-corrected chi connectivity index (χ2v) is 6.75. The van der Waals surface area contributed by atoms with Gasteiger partial charge in [-0.3, -0.25) is 9.78 Å². The van der Waals surface area contributed by atoms with Crippen LogP contribution in [0.15, 0.2) is 28.7 Å². The molecule has 4 heteroatoms. The molecule has 2 rings (SSSR count). The number of rotatable bonds is 2. The molecular weight excluding hydrogens is 318 g/mol. The standard InChI is InChI=1S/C16H18BrNO2/c1-10-11(9-15(19)20-16(2,3)4)7-12-8-13(17)5-6-14(12)18-10/h5-8H,9H2,1-4H3. The van der Waals surface area contributed by atoms with Crippen LogP contribution in [0.25, 0.3) is 10.9 Å². The number of pyridine rings is 1. The predicted molar refractivity (Wildman–Crippen MR) is 83.7 cm³/mol. The van der Waals surface area contributed by atoms with Gasteiger partial charge >= 0.3 is 5.97 Å². The van der Waals surface area contributed by atoms with Crippen molar-refractivity contribution < 1.29 is 9.53 Å². The smallest absolute Gasteiger partial charge is 0.310 e. The Morgan fingerprint density at radius 2 is 2.00 bits per heavy atom. The molecule has 0 aliphatic heterocycles. The van der Waals surface area contributed by atoms with Gasteiger partial charge in [0, 0.05) is 15.6 Å². The van der Waals surface area contributed by atoms with E-state index in [0.717, 1.165) is 26.6 Å². The van der Waals surface area contributed by atoms with Crippen molar-refractivity contribution in [3.8, 4) is 0 Å². The lowest BCUT2D eigenvalue weighted by atomic mass is 10.1. The van der Waals surface area contributed by atoms with Crippen LogP contribution in [0.1, 0.15) is 32.0 Å². The number of aryl methyl sites for hydroxylation is 1. The van der Waals surface area contributed by atoms with E-state index in [0.29, 0.717) is 0 Å². The van der Waals surface area contributed by atoms with E-state index in [1.807, 2.05) is 52.0 Å². The largest absolute Gasteiger partial charge is 0.460 e. The Kier molecular flexibility index (Phi) is 4.14. The number of nitrogens with zero attached hydrogens (tertiary/aromatic N) is 1. The van der Waals surface area contributed by atoms with Gasteiger partial charge in [0.1, 0.15) is 5.60 Å². The van der Waals surface area contributed by atoms with E-state index < -0.39 is 5.60 Å². The first kappa shape index (κ1) is 15.0. The molecule has 0 radical (unpaired) electrons. The number of aromatic nitrogens is 1. The normalized spacial score (nSPS) is 11.7. The summed E-state index contributed by atoms with van der Waals surface area (Å²) in [5.41, 5.74) is 2.24. The molecule has 0 N–H and O–H groups in total. The van der Waals surface area contributed by atoms with Gasteiger partial charge in [0.15, 0.2) is 0 Å². The van der Waals surface area contributed by atoms with Crippen molar-refractivity contribution in [2.75, 3.05) is 0 Å². The van der Waals surface area contributed by atoms with Gasteiger partial charge in [0.2, 0.25) is 0 Å². The van der Waals surface area contributed by atoms with Gasteiger partial charge in [0.25, 0.3) is 0 Å². The molecule has 0 atom stereocenters. The molecule has 1 aromatic heterocycles. The minimum absolute atomic E-state index is 0.225. The molecule has 0 saturated heterocycles. The third-order valence-corrected chi connectivity index (χ3v) is 3.32. The topological polar surface area (TPSA) is 39.2 Å². The summed E-state index contributed by atoms with van der Waals surface area (Å²) in [5, 5.41) is 1.02. The first-order chi connectivity index (χ1) is 9.24. The highest BCUT2D eigenvalue weighted by molar-refractivity contribution is 9.10. The average molecular weight is 336 g/mol. The van der Waals surface area contributed by atoms with Crippen LogP contribution >= 0.6 is 15.9 Å². The van der Waals surface area contributed by atoms with Crippen LogP contribution in [-0.4, -0.2) is 16.6 Å². The Balaban J connectivity index is 2.30. The maximum Gasteiger partial charge on any atom is 0.310 e. The number of benzene rings is 1. The molecule has 0 fully saturated rings. The number of ether oxygens (including phenoxy) is 1. The molecule has 0 saturated carbocycles. The van der Waals surface area contributed by atoms with Gasteiger partial charge in [0.05, 0.1) is 11.9 Å². The highest BCUT2D eigenvalue weighted by atomic mass is 79.9. The van der Waals surface area contributed by atoms with Crippen LogP contribution in [-0.2, 0) is 16.0 Å². The molecule has 2 aromatic rings. The minimum Gasteiger partial charge on any atom is -0.460 e. The SMILES string of the molecule is Cc1nc2ccc(Br)cc2cc1CC(=O)OC(C)(C)C. The van der Waals surface area contributed by atoms with E-state index >= 15 is 0 Å². The summed E-state index contributed by atoms with van der Waals surface area (Å²) in [6, 6.07) is 7.93. The molecule has 0 bridgehead atoms. The Morgan fingerprint density at radius 3 is 2.65 bits per heavy atom. The summed E-state index contributed by atoms with van der Waals surface area (Å²) < 4.78 is 6.36. The Labute approximate surface area is 127 Å². The lowest BCUT2D eigenvalue weighted by Gasteiger charge is -2.19. The van der Waals surface area contributed by atoms with Gasteiger partial charge < -0.3 is 4.74 Å². The summed E-state index contributed by atoms with van der Waals surface area (Å²) in [6.45, 7) is 7.52. The number of carbonyl (C=O) groups excluding carboxylic acids is 1. The van der Waals surface area contributed by atoms with Crippen molar-refractivity contribution >= 4 is 32.8 Å². The summed E-state index contributed by atoms with van der Waals surface area (Å²) in [7, 11) is 0. The van der Waals surface area contributed by atoms with Crippen LogP contribution < -0.4 is 0 Å². The van der Waals surface area contributed by atoms with Crippen LogP contribution in [0.5, 0.6) is 0 Å². The van der Waals surface area contributed by atoms with E-state index in [1.54, 1.807) is 0 Å². The van der Waals surface area contributed by atoms with Crippen molar-refractivity contribution in [2.45, 2.75) is 39.7 Å². The molecule has 3 nitrogen and oxygen atoms in total. The van der Waals surface area contributed by atoms with E-state index in [1.165, 1.54) is 0 Å². The van der Waals surface area contributed by atoms with Crippen LogP contribution in [0.4, 0.5) is 0 Å². The van der Waals surface area contributed by atoms with Crippen LogP contribution in [0.2, 0.25) is 0 Å². The second kappa shape index (κ2) is 5.52. The van der Waals surface area contributed by atoms with Crippen molar-refractivity contribution in [3.63, 3.8) is 0 Å². The number of esters is 1. The third-order valence-electron chi connectivity index (χ3n) is 2.83. The maximum absolute atomic E-state index is 11.9. The fourth-order valence-corrected chi connectivity index (χ4v) is 2.38. The summed E-state index contributed by atoms with van der Waals surface area (Å²) in [4.78, 5) is 16.5. The number of halogens is 1. The Bertz CT molecular complexity index is 659. The highest BCUT2D eigenvalue weighted by Gasteiger charge is 2.17. The lowest BCUT2D eigenvalue weighted by Crippen LogP contribution is -2.25. The zero-order chi connectivity index (χ0) is 14.9. The van der Waals surface area contributed by atoms with Crippen molar-refractivity contribution in [1.29, 1.82) is 0 Å². The zero-order valence-electron chi connectivity index (χ0n) is 12.2. The maximum atomic E-state index is 11.9. The first-order valence-corrected chi connectivity index (χ1v) is 7.31. The first-order valence-electron chi connectivity index (χ1n) is 6.52. The van der Waals surface area contributed by atoms with E-state index in [9.17, 15) is 4.79 Å². The van der Waals surface area contributed by atoms with Gasteiger partial charge in [-0.15, -0.1) is 0 Å². The fourth-order valence-electron chi connectivity index (χ4n) is 2.00. The summed E-state index contributed by atoms with van der Waals surface area (Å²) in [6.07, 6.45) is 0.249. The fraction of sp³-hybridized carbons (Fsp3) is 0.375. The Hall–Kier alpha value is -1.42. The molecule has 106 valence electrons. The van der Waals surface area contributed by atoms with Crippen molar-refractivity contribution in [3.05, 3.63) is 40.0 Å². The average Bonchev–Trinajstić information content (AvgIpc) is 2.28. The van der Waals surface area contributed by atoms with Gasteiger partial charge in [-0.1, -0.05) is 15.9 Å². The molecule has 0 aliphatic carbocycles. The number of hydrogen-bond acceptors (Lipinski definition) is 3. The molecule has 1 aromatic carbocycles. The number of hydrogen-bond donors (Lipinski definition) is 0. The minimum atomic E-state index is -0.460. The van der Waals surface area contributed by atoms with E-state index in [-0.39, 0.29) is 12.4 Å². The van der Waals surface area contributed by atoms with Gasteiger partial charge in [-0.25, -0.2) is 0 Å². The molecule has 0 aliphatic rings. The van der Waals surface area contributed by atoms with Gasteiger partial charge in [-0.2, -0.15) is 0 Å². The molecule has 20 heavy (non-hydrogen) atoms. The van der Waals surface area contributed by atoms with Crippen LogP contribution in [0.3, 0.4) is 0 Å². The van der Waals surface area contributed by atoms with E-state index in [4.69, 9.17) is 4.74 Å². The van der Waals surface area contributed by atoms with Crippen molar-refractivity contribution in [1.82, 2.24) is 4.98 Å². The number of fused-ring (bicyclic) bond motifs is 1. The highest BCUT2D eigenvalue weighted by Crippen LogP contribution is 2.22. The molecule has 0 amide bonds. The monoisotopic (exact) mass is 335 g/mol. The summed E-state index contributed by atoms with van der Waals surface area (Å²) >= 11 is 3.45. The molecular formula is C16H18BrNO2. The molecule has 1 heterocycles.